The fourth-order valence-corrected chi connectivity index (χ4v) is 4.66. The van der Waals surface area contributed by atoms with Gasteiger partial charge in [0, 0.05) is 32.7 Å². The van der Waals surface area contributed by atoms with Crippen LogP contribution in [-0.4, -0.2) is 63.5 Å². The zero-order valence-corrected chi connectivity index (χ0v) is 16.6. The minimum Gasteiger partial charge on any atom is -0.497 e. The van der Waals surface area contributed by atoms with Gasteiger partial charge in [0.2, 0.25) is 0 Å². The van der Waals surface area contributed by atoms with Gasteiger partial charge in [-0.15, -0.1) is 0 Å². The molecule has 0 radical (unpaired) electrons. The molecule has 1 saturated carbocycles. The molecular weight excluding hydrogens is 358 g/mol. The molecule has 0 amide bonds. The van der Waals surface area contributed by atoms with Crippen molar-refractivity contribution in [2.45, 2.75) is 31.5 Å². The van der Waals surface area contributed by atoms with E-state index in [2.05, 4.69) is 4.90 Å². The van der Waals surface area contributed by atoms with Gasteiger partial charge in [0.05, 0.1) is 37.7 Å². The molecule has 28 heavy (non-hydrogen) atoms. The minimum atomic E-state index is -0.0986. The second-order valence-corrected chi connectivity index (χ2v) is 7.83. The molecule has 4 rings (SSSR count). The summed E-state index contributed by atoms with van der Waals surface area (Å²) in [6.45, 7) is 3.26. The quantitative estimate of drug-likeness (QED) is 0.700. The average molecular weight is 387 g/mol. The molecule has 6 nitrogen and oxygen atoms in total. The highest BCUT2D eigenvalue weighted by Crippen LogP contribution is 2.42. The van der Waals surface area contributed by atoms with E-state index in [-0.39, 0.29) is 29.8 Å². The minimum absolute atomic E-state index is 0.0918. The molecule has 0 spiro atoms. The van der Waals surface area contributed by atoms with Crippen LogP contribution in [0.15, 0.2) is 30.5 Å². The molecule has 1 saturated heterocycles. The number of hydrogen-bond acceptors (Lipinski definition) is 6. The van der Waals surface area contributed by atoms with Crippen LogP contribution in [0.2, 0.25) is 0 Å². The van der Waals surface area contributed by atoms with Crippen LogP contribution in [0.1, 0.15) is 24.8 Å². The van der Waals surface area contributed by atoms with Crippen molar-refractivity contribution in [3.05, 3.63) is 36.1 Å². The van der Waals surface area contributed by atoms with Crippen molar-refractivity contribution in [1.82, 2.24) is 4.90 Å². The number of carbonyl (C=O) groups excluding carboxylic acids is 1. The number of rotatable bonds is 6. The van der Waals surface area contributed by atoms with E-state index in [0.717, 1.165) is 50.3 Å². The smallest absolute Gasteiger partial charge is 0.173 e. The molecule has 152 valence electrons. The van der Waals surface area contributed by atoms with Crippen LogP contribution in [0.25, 0.3) is 5.57 Å². The second kappa shape index (κ2) is 8.64. The molecule has 0 N–H and O–H groups in total. The van der Waals surface area contributed by atoms with E-state index < -0.39 is 0 Å². The van der Waals surface area contributed by atoms with E-state index in [1.54, 1.807) is 20.5 Å². The zero-order chi connectivity index (χ0) is 19.5. The Kier molecular flexibility index (Phi) is 5.99. The standard InChI is InChI=1S/C22H29NO5/c1-25-11-3-10-23-12-18-20(28-14-23)9-8-17-21(24)19(13-27-22(17)18)15-4-6-16(26-2)7-5-15/h4-7,13,17-18,20,22H,3,8-12,14H2,1-2H3. The number of nitrogens with zero attached hydrogens (tertiary/aromatic N) is 1. The van der Waals surface area contributed by atoms with E-state index in [1.807, 2.05) is 24.3 Å². The van der Waals surface area contributed by atoms with Crippen LogP contribution in [-0.2, 0) is 19.0 Å². The van der Waals surface area contributed by atoms with Gasteiger partial charge in [0.15, 0.2) is 5.78 Å². The number of allylic oxidation sites excluding steroid dienone is 1. The van der Waals surface area contributed by atoms with Crippen LogP contribution < -0.4 is 4.74 Å². The van der Waals surface area contributed by atoms with Gasteiger partial charge in [-0.05, 0) is 37.0 Å². The van der Waals surface area contributed by atoms with Crippen molar-refractivity contribution >= 4 is 11.4 Å². The Hall–Kier alpha value is -1.89. The number of carbonyl (C=O) groups is 1. The topological polar surface area (TPSA) is 57.2 Å². The first kappa shape index (κ1) is 19.4. The van der Waals surface area contributed by atoms with E-state index in [0.29, 0.717) is 12.3 Å². The number of hydrogen-bond donors (Lipinski definition) is 0. The van der Waals surface area contributed by atoms with E-state index in [9.17, 15) is 4.79 Å². The fourth-order valence-electron chi connectivity index (χ4n) is 4.66. The molecule has 4 unspecified atom stereocenters. The summed E-state index contributed by atoms with van der Waals surface area (Å²) in [6, 6.07) is 7.58. The monoisotopic (exact) mass is 387 g/mol. The summed E-state index contributed by atoms with van der Waals surface area (Å²) in [5, 5.41) is 0. The van der Waals surface area contributed by atoms with Gasteiger partial charge in [-0.1, -0.05) is 12.1 Å². The van der Waals surface area contributed by atoms with Crippen molar-refractivity contribution in [3.63, 3.8) is 0 Å². The first-order chi connectivity index (χ1) is 13.7. The third-order valence-electron chi connectivity index (χ3n) is 6.17. The van der Waals surface area contributed by atoms with E-state index in [1.165, 1.54) is 0 Å². The lowest BCUT2D eigenvalue weighted by atomic mass is 9.71. The van der Waals surface area contributed by atoms with Crippen molar-refractivity contribution in [3.8, 4) is 5.75 Å². The van der Waals surface area contributed by atoms with Gasteiger partial charge in [-0.25, -0.2) is 0 Å². The van der Waals surface area contributed by atoms with Crippen molar-refractivity contribution in [2.24, 2.45) is 11.8 Å². The van der Waals surface area contributed by atoms with Crippen LogP contribution >= 0.6 is 0 Å². The van der Waals surface area contributed by atoms with Gasteiger partial charge in [0.25, 0.3) is 0 Å². The highest BCUT2D eigenvalue weighted by molar-refractivity contribution is 6.22. The highest BCUT2D eigenvalue weighted by Gasteiger charge is 2.48. The van der Waals surface area contributed by atoms with Crippen LogP contribution in [0.5, 0.6) is 5.75 Å². The first-order valence-corrected chi connectivity index (χ1v) is 10.1. The maximum absolute atomic E-state index is 13.2. The number of benzene rings is 1. The molecule has 0 aromatic heterocycles. The Labute approximate surface area is 166 Å². The second-order valence-electron chi connectivity index (χ2n) is 7.83. The van der Waals surface area contributed by atoms with Crippen molar-refractivity contribution < 1.29 is 23.7 Å². The van der Waals surface area contributed by atoms with Crippen molar-refractivity contribution in [2.75, 3.05) is 40.6 Å². The van der Waals surface area contributed by atoms with Gasteiger partial charge in [-0.3, -0.25) is 9.69 Å². The average Bonchev–Trinajstić information content (AvgIpc) is 2.74. The Morgan fingerprint density at radius 2 is 2.00 bits per heavy atom. The number of fused-ring (bicyclic) bond motifs is 3. The summed E-state index contributed by atoms with van der Waals surface area (Å²) in [7, 11) is 3.36. The lowest BCUT2D eigenvalue weighted by Crippen LogP contribution is -2.56. The summed E-state index contributed by atoms with van der Waals surface area (Å²) in [5.41, 5.74) is 1.54. The van der Waals surface area contributed by atoms with Crippen LogP contribution in [0.3, 0.4) is 0 Å². The Bertz CT molecular complexity index is 714. The Morgan fingerprint density at radius 1 is 1.18 bits per heavy atom. The molecule has 2 heterocycles. The number of ketones is 1. The molecule has 0 bridgehead atoms. The molecule has 6 heteroatoms. The number of methoxy groups -OCH3 is 2. The SMILES string of the molecule is COCCCN1COC2CCC3C(=O)C(c4ccc(OC)cc4)=COC3C2C1. The van der Waals surface area contributed by atoms with Gasteiger partial charge >= 0.3 is 0 Å². The lowest BCUT2D eigenvalue weighted by molar-refractivity contribution is -0.170. The summed E-state index contributed by atoms with van der Waals surface area (Å²) >= 11 is 0. The maximum Gasteiger partial charge on any atom is 0.173 e. The Morgan fingerprint density at radius 3 is 2.75 bits per heavy atom. The molecule has 4 atom stereocenters. The van der Waals surface area contributed by atoms with Gasteiger partial charge in [-0.2, -0.15) is 0 Å². The molecular formula is C22H29NO5. The lowest BCUT2D eigenvalue weighted by Gasteiger charge is -2.48. The first-order valence-electron chi connectivity index (χ1n) is 10.1. The third-order valence-corrected chi connectivity index (χ3v) is 6.17. The maximum atomic E-state index is 13.2. The zero-order valence-electron chi connectivity index (χ0n) is 16.6. The highest BCUT2D eigenvalue weighted by atomic mass is 16.5. The molecule has 1 aliphatic carbocycles. The van der Waals surface area contributed by atoms with Gasteiger partial charge < -0.3 is 18.9 Å². The normalized spacial score (nSPS) is 30.1. The summed E-state index contributed by atoms with van der Waals surface area (Å²) in [4.78, 5) is 15.5. The van der Waals surface area contributed by atoms with Crippen LogP contribution in [0, 0.1) is 11.8 Å². The summed E-state index contributed by atoms with van der Waals surface area (Å²) in [5.74, 6) is 1.11. The third kappa shape index (κ3) is 3.81. The van der Waals surface area contributed by atoms with E-state index >= 15 is 0 Å². The summed E-state index contributed by atoms with van der Waals surface area (Å²) < 4.78 is 22.6. The largest absolute Gasteiger partial charge is 0.497 e. The number of ether oxygens (including phenoxy) is 4. The Balaban J connectivity index is 1.48. The molecule has 2 fully saturated rings. The number of Topliss-reactive ketones (excluding diaryl/α,β-unsaturated/α-hetero) is 1. The fraction of sp³-hybridized carbons (Fsp3) is 0.591. The van der Waals surface area contributed by atoms with E-state index in [4.69, 9.17) is 18.9 Å². The van der Waals surface area contributed by atoms with Gasteiger partial charge in [0.1, 0.15) is 11.9 Å². The predicted molar refractivity (Wildman–Crippen MR) is 105 cm³/mol. The molecule has 3 aliphatic rings. The molecule has 2 aliphatic heterocycles. The summed E-state index contributed by atoms with van der Waals surface area (Å²) in [6.07, 6.45) is 4.47. The van der Waals surface area contributed by atoms with Crippen molar-refractivity contribution in [1.29, 1.82) is 0 Å². The molecule has 1 aromatic carbocycles. The molecule has 1 aromatic rings. The predicted octanol–water partition coefficient (Wildman–Crippen LogP) is 2.73. The van der Waals surface area contributed by atoms with Crippen LogP contribution in [0.4, 0.5) is 0 Å².